The topological polar surface area (TPSA) is 9.23 Å². The zero-order valence-electron chi connectivity index (χ0n) is 7.43. The highest BCUT2D eigenvalue weighted by Crippen LogP contribution is 2.36. The van der Waals surface area contributed by atoms with E-state index in [0.29, 0.717) is 0 Å². The summed E-state index contributed by atoms with van der Waals surface area (Å²) in [7, 11) is 1.63. The molecule has 0 saturated carbocycles. The molecule has 0 aliphatic rings. The zero-order valence-corrected chi connectivity index (χ0v) is 8.24. The van der Waals surface area contributed by atoms with Crippen LogP contribution in [0.5, 0.6) is 5.06 Å². The summed E-state index contributed by atoms with van der Waals surface area (Å²) in [5.74, 6) is -0.198. The number of hydrogen-bond donors (Lipinski definition) is 0. The monoisotopic (exact) mass is 196 g/mol. The predicted molar refractivity (Wildman–Crippen MR) is 53.1 cm³/mol. The molecule has 0 radical (unpaired) electrons. The third-order valence-electron chi connectivity index (χ3n) is 2.04. The second-order valence-corrected chi connectivity index (χ2v) is 3.87. The van der Waals surface area contributed by atoms with E-state index in [1.807, 2.05) is 6.92 Å². The molecule has 0 saturated heterocycles. The van der Waals surface area contributed by atoms with Crippen molar-refractivity contribution in [3.05, 3.63) is 29.6 Å². The number of hydrogen-bond acceptors (Lipinski definition) is 2. The van der Waals surface area contributed by atoms with Crippen molar-refractivity contribution >= 4 is 21.4 Å². The SMILES string of the molecule is COc1sc2ccc(F)cc2c1C. The average molecular weight is 196 g/mol. The summed E-state index contributed by atoms with van der Waals surface area (Å²) in [6, 6.07) is 4.80. The highest BCUT2D eigenvalue weighted by Gasteiger charge is 2.08. The van der Waals surface area contributed by atoms with Crippen molar-refractivity contribution in [3.63, 3.8) is 0 Å². The number of halogens is 1. The maximum atomic E-state index is 12.9. The van der Waals surface area contributed by atoms with E-state index in [4.69, 9.17) is 4.74 Å². The van der Waals surface area contributed by atoms with E-state index in [1.54, 1.807) is 30.6 Å². The van der Waals surface area contributed by atoms with E-state index in [0.717, 1.165) is 20.7 Å². The van der Waals surface area contributed by atoms with Gasteiger partial charge in [-0.1, -0.05) is 11.3 Å². The van der Waals surface area contributed by atoms with Crippen LogP contribution in [0, 0.1) is 12.7 Å². The number of methoxy groups -OCH3 is 1. The van der Waals surface area contributed by atoms with Gasteiger partial charge in [0.15, 0.2) is 5.06 Å². The highest BCUT2D eigenvalue weighted by molar-refractivity contribution is 7.21. The predicted octanol–water partition coefficient (Wildman–Crippen LogP) is 3.36. The van der Waals surface area contributed by atoms with Crippen molar-refractivity contribution in [3.8, 4) is 5.06 Å². The second-order valence-electron chi connectivity index (χ2n) is 2.86. The maximum absolute atomic E-state index is 12.9. The van der Waals surface area contributed by atoms with Crippen molar-refractivity contribution in [1.82, 2.24) is 0 Å². The zero-order chi connectivity index (χ0) is 9.42. The molecule has 0 fully saturated rings. The third-order valence-corrected chi connectivity index (χ3v) is 3.27. The molecule has 1 aromatic heterocycles. The number of aryl methyl sites for hydroxylation is 1. The minimum absolute atomic E-state index is 0.198. The Morgan fingerprint density at radius 1 is 1.38 bits per heavy atom. The third kappa shape index (κ3) is 1.29. The van der Waals surface area contributed by atoms with Gasteiger partial charge in [-0.15, -0.1) is 0 Å². The van der Waals surface area contributed by atoms with E-state index >= 15 is 0 Å². The average Bonchev–Trinajstić information content (AvgIpc) is 2.44. The van der Waals surface area contributed by atoms with E-state index in [9.17, 15) is 4.39 Å². The fourth-order valence-electron chi connectivity index (χ4n) is 1.37. The molecule has 68 valence electrons. The molecule has 1 heterocycles. The quantitative estimate of drug-likeness (QED) is 0.679. The van der Waals surface area contributed by atoms with Crippen LogP contribution in [0.4, 0.5) is 4.39 Å². The van der Waals surface area contributed by atoms with Gasteiger partial charge >= 0.3 is 0 Å². The summed E-state index contributed by atoms with van der Waals surface area (Å²) in [6.07, 6.45) is 0. The van der Waals surface area contributed by atoms with Crippen LogP contribution in [-0.2, 0) is 0 Å². The van der Waals surface area contributed by atoms with Crippen molar-refractivity contribution in [2.24, 2.45) is 0 Å². The molecule has 0 aliphatic heterocycles. The molecular weight excluding hydrogens is 187 g/mol. The van der Waals surface area contributed by atoms with Crippen LogP contribution in [-0.4, -0.2) is 7.11 Å². The summed E-state index contributed by atoms with van der Waals surface area (Å²) in [4.78, 5) is 0. The van der Waals surface area contributed by atoms with Gasteiger partial charge in [-0.25, -0.2) is 4.39 Å². The van der Waals surface area contributed by atoms with Gasteiger partial charge in [0.1, 0.15) is 5.82 Å². The number of fused-ring (bicyclic) bond motifs is 1. The van der Waals surface area contributed by atoms with Gasteiger partial charge in [-0.2, -0.15) is 0 Å². The summed E-state index contributed by atoms with van der Waals surface area (Å²) in [6.45, 7) is 1.94. The molecule has 0 aliphatic carbocycles. The lowest BCUT2D eigenvalue weighted by Crippen LogP contribution is -1.79. The largest absolute Gasteiger partial charge is 0.487 e. The standard InChI is InChI=1S/C10H9FOS/c1-6-8-5-7(11)3-4-9(8)13-10(6)12-2/h3-5H,1-2H3. The fourth-order valence-corrected chi connectivity index (χ4v) is 2.37. The molecule has 2 rings (SSSR count). The molecule has 0 amide bonds. The van der Waals surface area contributed by atoms with Gasteiger partial charge in [0.2, 0.25) is 0 Å². The Balaban J connectivity index is 2.77. The van der Waals surface area contributed by atoms with Gasteiger partial charge in [-0.3, -0.25) is 0 Å². The lowest BCUT2D eigenvalue weighted by Gasteiger charge is -1.94. The molecule has 13 heavy (non-hydrogen) atoms. The van der Waals surface area contributed by atoms with Crippen LogP contribution in [0.15, 0.2) is 18.2 Å². The smallest absolute Gasteiger partial charge is 0.177 e. The molecule has 0 spiro atoms. The summed E-state index contributed by atoms with van der Waals surface area (Å²) >= 11 is 1.54. The van der Waals surface area contributed by atoms with Gasteiger partial charge in [-0.05, 0) is 25.1 Å². The van der Waals surface area contributed by atoms with Gasteiger partial charge in [0.25, 0.3) is 0 Å². The van der Waals surface area contributed by atoms with Crippen molar-refractivity contribution in [2.75, 3.05) is 7.11 Å². The molecule has 0 N–H and O–H groups in total. The molecule has 0 bridgehead atoms. The summed E-state index contributed by atoms with van der Waals surface area (Å²) < 4.78 is 19.1. The van der Waals surface area contributed by atoms with Crippen molar-refractivity contribution in [2.45, 2.75) is 6.92 Å². The fraction of sp³-hybridized carbons (Fsp3) is 0.200. The number of rotatable bonds is 1. The molecule has 1 aromatic carbocycles. The van der Waals surface area contributed by atoms with Gasteiger partial charge in [0.05, 0.1) is 7.11 Å². The Bertz CT molecular complexity index is 447. The van der Waals surface area contributed by atoms with Gasteiger partial charge in [0, 0.05) is 15.6 Å². The Hall–Kier alpha value is -1.09. The first-order valence-corrected chi connectivity index (χ1v) is 4.76. The van der Waals surface area contributed by atoms with Crippen molar-refractivity contribution in [1.29, 1.82) is 0 Å². The number of ether oxygens (including phenoxy) is 1. The van der Waals surface area contributed by atoms with E-state index in [1.165, 1.54) is 6.07 Å². The first-order valence-electron chi connectivity index (χ1n) is 3.95. The summed E-state index contributed by atoms with van der Waals surface area (Å²) in [5, 5.41) is 1.81. The van der Waals surface area contributed by atoms with Crippen LogP contribution < -0.4 is 4.74 Å². The van der Waals surface area contributed by atoms with Gasteiger partial charge < -0.3 is 4.74 Å². The first kappa shape index (κ1) is 8.51. The van der Waals surface area contributed by atoms with Crippen molar-refractivity contribution < 1.29 is 9.13 Å². The van der Waals surface area contributed by atoms with Crippen LogP contribution in [0.25, 0.3) is 10.1 Å². The second kappa shape index (κ2) is 3.00. The lowest BCUT2D eigenvalue weighted by atomic mass is 10.2. The minimum Gasteiger partial charge on any atom is -0.487 e. The lowest BCUT2D eigenvalue weighted by molar-refractivity contribution is 0.425. The Kier molecular flexibility index (Phi) is 1.96. The summed E-state index contributed by atoms with van der Waals surface area (Å²) in [5.41, 5.74) is 1.02. The Morgan fingerprint density at radius 2 is 2.15 bits per heavy atom. The normalized spacial score (nSPS) is 10.7. The van der Waals surface area contributed by atoms with Crippen LogP contribution >= 0.6 is 11.3 Å². The highest BCUT2D eigenvalue weighted by atomic mass is 32.1. The van der Waals surface area contributed by atoms with E-state index < -0.39 is 0 Å². The first-order chi connectivity index (χ1) is 6.22. The minimum atomic E-state index is -0.198. The molecule has 1 nitrogen and oxygen atoms in total. The molecule has 0 atom stereocenters. The number of benzene rings is 1. The molecule has 0 unspecified atom stereocenters. The van der Waals surface area contributed by atoms with E-state index in [2.05, 4.69) is 0 Å². The maximum Gasteiger partial charge on any atom is 0.177 e. The van der Waals surface area contributed by atoms with Crippen LogP contribution in [0.1, 0.15) is 5.56 Å². The van der Waals surface area contributed by atoms with Crippen LogP contribution in [0.2, 0.25) is 0 Å². The Labute approximate surface area is 79.8 Å². The molecular formula is C10H9FOS. The number of thiophene rings is 1. The molecule has 3 heteroatoms. The Morgan fingerprint density at radius 3 is 2.85 bits per heavy atom. The molecule has 2 aromatic rings. The van der Waals surface area contributed by atoms with E-state index in [-0.39, 0.29) is 5.82 Å². The van der Waals surface area contributed by atoms with Crippen LogP contribution in [0.3, 0.4) is 0 Å².